The van der Waals surface area contributed by atoms with Gasteiger partial charge in [0.2, 0.25) is 0 Å². The van der Waals surface area contributed by atoms with Gasteiger partial charge in [-0.3, -0.25) is 10.1 Å². The highest BCUT2D eigenvalue weighted by Crippen LogP contribution is 2.35. The Hall–Kier alpha value is -3.88. The van der Waals surface area contributed by atoms with E-state index < -0.39 is 34.4 Å². The molecule has 0 aromatic heterocycles. The molecule has 0 saturated carbocycles. The summed E-state index contributed by atoms with van der Waals surface area (Å²) in [6.07, 6.45) is 0. The van der Waals surface area contributed by atoms with E-state index in [-0.39, 0.29) is 23.4 Å². The van der Waals surface area contributed by atoms with E-state index >= 15 is 0 Å². The number of hydrogen-bond donors (Lipinski definition) is 3. The van der Waals surface area contributed by atoms with Crippen LogP contribution in [-0.2, 0) is 9.53 Å². The average Bonchev–Trinajstić information content (AvgIpc) is 2.68. The van der Waals surface area contributed by atoms with Gasteiger partial charge in [-0.2, -0.15) is 0 Å². The number of rotatable bonds is 5. The minimum absolute atomic E-state index is 0.104. The van der Waals surface area contributed by atoms with Crippen LogP contribution in [0, 0.1) is 10.1 Å². The Balaban J connectivity index is 2.20. The molecule has 1 heterocycles. The smallest absolute Gasteiger partial charge is 0.338 e. The number of nitro benzene ring substituents is 1. The molecule has 2 aromatic carbocycles. The van der Waals surface area contributed by atoms with Gasteiger partial charge in [-0.25, -0.2) is 9.59 Å². The molecule has 0 fully saturated rings. The number of hydrogen-bond acceptors (Lipinski definition) is 6. The second kappa shape index (κ2) is 7.78. The fraction of sp³-hybridized carbons (Fsp3) is 0.158. The van der Waals surface area contributed by atoms with Crippen LogP contribution < -0.4 is 10.6 Å². The summed E-state index contributed by atoms with van der Waals surface area (Å²) >= 11 is 0. The number of ether oxygens (including phenoxy) is 1. The SMILES string of the molecule is CCOC(=O)C1=C(c2ccccc2)NC(=O)NC1c1ccc(O)c([N+](=O)[O-])c1. The zero-order valence-corrected chi connectivity index (χ0v) is 14.8. The van der Waals surface area contributed by atoms with Crippen molar-refractivity contribution in [3.8, 4) is 5.75 Å². The molecule has 0 aliphatic carbocycles. The van der Waals surface area contributed by atoms with Crippen molar-refractivity contribution in [1.29, 1.82) is 0 Å². The van der Waals surface area contributed by atoms with Crippen molar-refractivity contribution in [2.45, 2.75) is 13.0 Å². The van der Waals surface area contributed by atoms with E-state index in [1.54, 1.807) is 37.3 Å². The van der Waals surface area contributed by atoms with Crippen LogP contribution in [-0.4, -0.2) is 28.6 Å². The molecule has 1 aliphatic rings. The molecule has 0 radical (unpaired) electrons. The van der Waals surface area contributed by atoms with Crippen molar-refractivity contribution in [2.75, 3.05) is 6.61 Å². The average molecular weight is 383 g/mol. The van der Waals surface area contributed by atoms with Crippen LogP contribution in [0.1, 0.15) is 24.1 Å². The molecule has 1 atom stereocenters. The number of nitrogens with one attached hydrogen (secondary N) is 2. The lowest BCUT2D eigenvalue weighted by molar-refractivity contribution is -0.385. The molecule has 2 aromatic rings. The second-order valence-electron chi connectivity index (χ2n) is 5.91. The maximum atomic E-state index is 12.7. The van der Waals surface area contributed by atoms with E-state index in [9.17, 15) is 24.8 Å². The number of carbonyl (C=O) groups excluding carboxylic acids is 2. The first-order chi connectivity index (χ1) is 13.4. The predicted octanol–water partition coefficient (Wildman–Crippen LogP) is 2.63. The minimum Gasteiger partial charge on any atom is -0.502 e. The third kappa shape index (κ3) is 3.63. The number of phenolic OH excluding ortho intramolecular Hbond substituents is 1. The largest absolute Gasteiger partial charge is 0.502 e. The third-order valence-corrected chi connectivity index (χ3v) is 4.16. The highest BCUT2D eigenvalue weighted by molar-refractivity contribution is 6.04. The summed E-state index contributed by atoms with van der Waals surface area (Å²) < 4.78 is 5.15. The van der Waals surface area contributed by atoms with Gasteiger partial charge in [-0.05, 0) is 24.1 Å². The Kier molecular flexibility index (Phi) is 5.25. The van der Waals surface area contributed by atoms with Crippen molar-refractivity contribution in [3.63, 3.8) is 0 Å². The Morgan fingerprint density at radius 1 is 1.25 bits per heavy atom. The summed E-state index contributed by atoms with van der Waals surface area (Å²) in [6.45, 7) is 1.76. The molecule has 3 rings (SSSR count). The number of nitro groups is 1. The molecule has 2 amide bonds. The molecule has 9 nitrogen and oxygen atoms in total. The summed E-state index contributed by atoms with van der Waals surface area (Å²) in [4.78, 5) is 35.4. The number of phenols is 1. The van der Waals surface area contributed by atoms with Gasteiger partial charge in [0.25, 0.3) is 0 Å². The highest BCUT2D eigenvalue weighted by atomic mass is 16.6. The van der Waals surface area contributed by atoms with Crippen LogP contribution in [0.4, 0.5) is 10.5 Å². The summed E-state index contributed by atoms with van der Waals surface area (Å²) in [5, 5.41) is 26.1. The fourth-order valence-electron chi connectivity index (χ4n) is 2.94. The zero-order chi connectivity index (χ0) is 20.3. The van der Waals surface area contributed by atoms with Crippen LogP contribution in [0.5, 0.6) is 5.75 Å². The summed E-state index contributed by atoms with van der Waals surface area (Å²) in [5.41, 5.74) is 0.667. The van der Waals surface area contributed by atoms with Gasteiger partial charge in [0.15, 0.2) is 5.75 Å². The normalized spacial score (nSPS) is 16.2. The topological polar surface area (TPSA) is 131 Å². The Labute approximate surface area is 159 Å². The fourth-order valence-corrected chi connectivity index (χ4v) is 2.94. The van der Waals surface area contributed by atoms with E-state index in [1.165, 1.54) is 6.07 Å². The van der Waals surface area contributed by atoms with E-state index in [0.717, 1.165) is 12.1 Å². The molecule has 144 valence electrons. The second-order valence-corrected chi connectivity index (χ2v) is 5.91. The van der Waals surface area contributed by atoms with Crippen LogP contribution in [0.25, 0.3) is 5.70 Å². The lowest BCUT2D eigenvalue weighted by atomic mass is 9.92. The van der Waals surface area contributed by atoms with Crippen molar-refractivity contribution in [3.05, 3.63) is 75.3 Å². The van der Waals surface area contributed by atoms with Crippen molar-refractivity contribution >= 4 is 23.4 Å². The molecule has 0 spiro atoms. The molecular formula is C19H17N3O6. The zero-order valence-electron chi connectivity index (χ0n) is 14.8. The quantitative estimate of drug-likeness (QED) is 0.413. The lowest BCUT2D eigenvalue weighted by Gasteiger charge is -2.29. The van der Waals surface area contributed by atoms with Crippen LogP contribution >= 0.6 is 0 Å². The van der Waals surface area contributed by atoms with Crippen molar-refractivity contribution in [1.82, 2.24) is 10.6 Å². The van der Waals surface area contributed by atoms with Gasteiger partial charge in [0, 0.05) is 6.07 Å². The summed E-state index contributed by atoms with van der Waals surface area (Å²) in [7, 11) is 0. The van der Waals surface area contributed by atoms with Crippen LogP contribution in [0.15, 0.2) is 54.1 Å². The standard InChI is InChI=1S/C19H17N3O6/c1-2-28-18(24)15-16(11-6-4-3-5-7-11)20-19(25)21-17(15)12-8-9-14(23)13(10-12)22(26)27/h3-10,17,23H,2H2,1H3,(H2,20,21,25). The van der Waals surface area contributed by atoms with E-state index in [1.807, 2.05) is 0 Å². The lowest BCUT2D eigenvalue weighted by Crippen LogP contribution is -2.45. The first-order valence-electron chi connectivity index (χ1n) is 8.44. The molecule has 1 aliphatic heterocycles. The van der Waals surface area contributed by atoms with Gasteiger partial charge >= 0.3 is 17.7 Å². The maximum Gasteiger partial charge on any atom is 0.338 e. The number of carbonyl (C=O) groups is 2. The van der Waals surface area contributed by atoms with Gasteiger partial charge < -0.3 is 20.5 Å². The number of esters is 1. The van der Waals surface area contributed by atoms with Crippen molar-refractivity contribution < 1.29 is 24.4 Å². The highest BCUT2D eigenvalue weighted by Gasteiger charge is 2.35. The van der Waals surface area contributed by atoms with Crippen LogP contribution in [0.2, 0.25) is 0 Å². The van der Waals surface area contributed by atoms with Gasteiger partial charge in [0.1, 0.15) is 0 Å². The van der Waals surface area contributed by atoms with E-state index in [2.05, 4.69) is 10.6 Å². The Morgan fingerprint density at radius 3 is 2.61 bits per heavy atom. The molecule has 3 N–H and O–H groups in total. The Morgan fingerprint density at radius 2 is 1.96 bits per heavy atom. The maximum absolute atomic E-state index is 12.7. The van der Waals surface area contributed by atoms with Crippen LogP contribution in [0.3, 0.4) is 0 Å². The van der Waals surface area contributed by atoms with Gasteiger partial charge in [-0.1, -0.05) is 36.4 Å². The van der Waals surface area contributed by atoms with E-state index in [0.29, 0.717) is 5.56 Å². The van der Waals surface area contributed by atoms with Gasteiger partial charge in [-0.15, -0.1) is 0 Å². The molecule has 9 heteroatoms. The summed E-state index contributed by atoms with van der Waals surface area (Å²) in [6, 6.07) is 10.8. The number of benzene rings is 2. The minimum atomic E-state index is -0.998. The van der Waals surface area contributed by atoms with E-state index in [4.69, 9.17) is 4.74 Å². The first-order valence-corrected chi connectivity index (χ1v) is 8.44. The van der Waals surface area contributed by atoms with Crippen molar-refractivity contribution in [2.24, 2.45) is 0 Å². The molecule has 28 heavy (non-hydrogen) atoms. The molecule has 0 saturated heterocycles. The third-order valence-electron chi connectivity index (χ3n) is 4.16. The predicted molar refractivity (Wildman–Crippen MR) is 99.2 cm³/mol. The first kappa shape index (κ1) is 18.9. The van der Waals surface area contributed by atoms with Gasteiger partial charge in [0.05, 0.1) is 28.8 Å². The number of nitrogens with zero attached hydrogens (tertiary/aromatic N) is 1. The molecule has 0 bridgehead atoms. The monoisotopic (exact) mass is 383 g/mol. The molecular weight excluding hydrogens is 366 g/mol. The number of urea groups is 1. The number of amides is 2. The number of aromatic hydroxyl groups is 1. The Bertz CT molecular complexity index is 971. The molecule has 1 unspecified atom stereocenters. The summed E-state index contributed by atoms with van der Waals surface area (Å²) in [5.74, 6) is -1.19.